The minimum absolute atomic E-state index is 0.112. The van der Waals surface area contributed by atoms with E-state index in [1.165, 1.54) is 32.0 Å². The maximum Gasteiger partial charge on any atom is 0.262 e. The summed E-state index contributed by atoms with van der Waals surface area (Å²) < 4.78 is 37.0. The molecule has 1 aliphatic heterocycles. The molecule has 1 N–H and O–H groups in total. The lowest BCUT2D eigenvalue weighted by molar-refractivity contribution is -0.112. The molecule has 3 aromatic rings. The maximum absolute atomic E-state index is 13.2. The molecule has 3 aromatic carbocycles. The van der Waals surface area contributed by atoms with Crippen molar-refractivity contribution in [2.24, 2.45) is 0 Å². The molecular weight excluding hydrogens is 446 g/mol. The molecule has 0 aliphatic carbocycles. The van der Waals surface area contributed by atoms with Gasteiger partial charge in [-0.3, -0.25) is 4.79 Å². The molecule has 32 heavy (non-hydrogen) atoms. The highest BCUT2D eigenvalue weighted by Crippen LogP contribution is 2.40. The highest BCUT2D eigenvalue weighted by Gasteiger charge is 2.26. The van der Waals surface area contributed by atoms with Crippen molar-refractivity contribution in [1.82, 2.24) is 0 Å². The molecule has 1 heterocycles. The summed E-state index contributed by atoms with van der Waals surface area (Å²) in [5.74, 6) is 0.308. The van der Waals surface area contributed by atoms with Crippen LogP contribution in [0.5, 0.6) is 11.5 Å². The van der Waals surface area contributed by atoms with E-state index in [0.29, 0.717) is 27.7 Å². The fourth-order valence-corrected chi connectivity index (χ4v) is 5.71. The molecule has 0 radical (unpaired) electrons. The molecule has 1 amide bonds. The van der Waals surface area contributed by atoms with Crippen molar-refractivity contribution in [2.45, 2.75) is 15.5 Å². The molecule has 0 aromatic heterocycles. The predicted molar refractivity (Wildman–Crippen MR) is 126 cm³/mol. The highest BCUT2D eigenvalue weighted by molar-refractivity contribution is 8.04. The maximum atomic E-state index is 13.2. The molecule has 1 aliphatic rings. The van der Waals surface area contributed by atoms with E-state index in [9.17, 15) is 13.2 Å². The van der Waals surface area contributed by atoms with Gasteiger partial charge in [0.2, 0.25) is 0 Å². The van der Waals surface area contributed by atoms with E-state index in [4.69, 9.17) is 9.47 Å². The van der Waals surface area contributed by atoms with Gasteiger partial charge in [0, 0.05) is 4.90 Å². The monoisotopic (exact) mass is 467 g/mol. The Hall–Kier alpha value is -3.23. The van der Waals surface area contributed by atoms with Gasteiger partial charge in [0.05, 0.1) is 41.0 Å². The average molecular weight is 468 g/mol. The minimum atomic E-state index is -3.73. The number of amides is 1. The van der Waals surface area contributed by atoms with Crippen molar-refractivity contribution >= 4 is 39.3 Å². The number of ether oxygens (including phenoxy) is 2. The van der Waals surface area contributed by atoms with Crippen LogP contribution in [-0.4, -0.2) is 28.5 Å². The number of fused-ring (bicyclic) bond motifs is 1. The van der Waals surface area contributed by atoms with Crippen LogP contribution in [0.1, 0.15) is 11.1 Å². The van der Waals surface area contributed by atoms with Crippen molar-refractivity contribution in [3.05, 3.63) is 82.8 Å². The first kappa shape index (κ1) is 22.0. The van der Waals surface area contributed by atoms with E-state index in [2.05, 4.69) is 5.32 Å². The summed E-state index contributed by atoms with van der Waals surface area (Å²) in [5, 5.41) is 2.81. The van der Waals surface area contributed by atoms with E-state index >= 15 is 0 Å². The van der Waals surface area contributed by atoms with Crippen LogP contribution in [0.3, 0.4) is 0 Å². The Balaban J connectivity index is 1.64. The van der Waals surface area contributed by atoms with Crippen LogP contribution in [-0.2, 0) is 20.4 Å². The Morgan fingerprint density at radius 3 is 2.28 bits per heavy atom. The van der Waals surface area contributed by atoms with Gasteiger partial charge in [0.1, 0.15) is 11.5 Å². The Morgan fingerprint density at radius 1 is 0.938 bits per heavy atom. The number of hydrogen-bond donors (Lipinski definition) is 1. The Labute approximate surface area is 191 Å². The quantitative estimate of drug-likeness (QED) is 0.526. The number of nitrogens with one attached hydrogen (secondary N) is 1. The molecule has 0 bridgehead atoms. The standard InChI is InChI=1S/C24H21NO5S2/c1-29-20-9-6-10-21(30-2)18(20)15-32(27,28)17-11-12-22-19(14-17)25-24(26)23(31-22)13-16-7-4-3-5-8-16/h3-14H,15H2,1-2H3,(H,25,26). The number of benzene rings is 3. The van der Waals surface area contributed by atoms with Gasteiger partial charge < -0.3 is 14.8 Å². The van der Waals surface area contributed by atoms with Crippen LogP contribution in [0.15, 0.2) is 81.4 Å². The van der Waals surface area contributed by atoms with Crippen molar-refractivity contribution in [2.75, 3.05) is 19.5 Å². The number of anilines is 1. The molecule has 6 nitrogen and oxygen atoms in total. The molecule has 0 saturated carbocycles. The third kappa shape index (κ3) is 4.51. The molecule has 0 atom stereocenters. The third-order valence-corrected chi connectivity index (χ3v) is 7.70. The van der Waals surface area contributed by atoms with Crippen LogP contribution < -0.4 is 14.8 Å². The van der Waals surface area contributed by atoms with Crippen LogP contribution in [0.25, 0.3) is 6.08 Å². The van der Waals surface area contributed by atoms with Crippen LogP contribution >= 0.6 is 11.8 Å². The second kappa shape index (κ2) is 9.10. The first-order valence-corrected chi connectivity index (χ1v) is 12.2. The van der Waals surface area contributed by atoms with Crippen molar-refractivity contribution in [3.8, 4) is 11.5 Å². The summed E-state index contributed by atoms with van der Waals surface area (Å²) in [5.41, 5.74) is 1.83. The van der Waals surface area contributed by atoms with E-state index in [0.717, 1.165) is 10.5 Å². The van der Waals surface area contributed by atoms with Gasteiger partial charge in [-0.05, 0) is 42.0 Å². The number of thioether (sulfide) groups is 1. The van der Waals surface area contributed by atoms with E-state index in [-0.39, 0.29) is 16.6 Å². The Bertz CT molecular complexity index is 1280. The minimum Gasteiger partial charge on any atom is -0.496 e. The van der Waals surface area contributed by atoms with E-state index in [1.807, 2.05) is 36.4 Å². The normalized spacial score (nSPS) is 14.6. The molecule has 4 rings (SSSR count). The lowest BCUT2D eigenvalue weighted by Gasteiger charge is -2.20. The average Bonchev–Trinajstić information content (AvgIpc) is 2.80. The smallest absolute Gasteiger partial charge is 0.262 e. The molecular formula is C24H21NO5S2. The summed E-state index contributed by atoms with van der Waals surface area (Å²) in [6.07, 6.45) is 1.81. The summed E-state index contributed by atoms with van der Waals surface area (Å²) in [6.45, 7) is 0. The fourth-order valence-electron chi connectivity index (χ4n) is 3.38. The SMILES string of the molecule is COc1cccc(OC)c1CS(=O)(=O)c1ccc2c(c1)NC(=O)C(=Cc1ccccc1)S2. The van der Waals surface area contributed by atoms with Crippen LogP contribution in [0.4, 0.5) is 5.69 Å². The van der Waals surface area contributed by atoms with Crippen LogP contribution in [0.2, 0.25) is 0 Å². The Morgan fingerprint density at radius 2 is 1.62 bits per heavy atom. The molecule has 8 heteroatoms. The second-order valence-electron chi connectivity index (χ2n) is 7.03. The number of carbonyl (C=O) groups excluding carboxylic acids is 1. The van der Waals surface area contributed by atoms with Gasteiger partial charge in [0.15, 0.2) is 9.84 Å². The molecule has 0 unspecified atom stereocenters. The molecule has 0 fully saturated rings. The number of carbonyl (C=O) groups is 1. The van der Waals surface area contributed by atoms with Gasteiger partial charge in [-0.25, -0.2) is 8.42 Å². The summed E-state index contributed by atoms with van der Waals surface area (Å²) >= 11 is 1.31. The van der Waals surface area contributed by atoms with Gasteiger partial charge in [0.25, 0.3) is 5.91 Å². The van der Waals surface area contributed by atoms with Crippen LogP contribution in [0, 0.1) is 0 Å². The zero-order valence-electron chi connectivity index (χ0n) is 17.5. The van der Waals surface area contributed by atoms with E-state index < -0.39 is 9.84 Å². The van der Waals surface area contributed by atoms with Gasteiger partial charge in [-0.1, -0.05) is 48.2 Å². The third-order valence-electron chi connectivity index (χ3n) is 4.96. The van der Waals surface area contributed by atoms with Crippen molar-refractivity contribution in [3.63, 3.8) is 0 Å². The highest BCUT2D eigenvalue weighted by atomic mass is 32.2. The fraction of sp³-hybridized carbons (Fsp3) is 0.125. The van der Waals surface area contributed by atoms with Crippen molar-refractivity contribution < 1.29 is 22.7 Å². The van der Waals surface area contributed by atoms with E-state index in [1.54, 1.807) is 30.3 Å². The van der Waals surface area contributed by atoms with Gasteiger partial charge in [-0.15, -0.1) is 0 Å². The second-order valence-corrected chi connectivity index (χ2v) is 10.1. The lowest BCUT2D eigenvalue weighted by atomic mass is 10.2. The summed E-state index contributed by atoms with van der Waals surface area (Å²) in [7, 11) is -0.760. The lowest BCUT2D eigenvalue weighted by Crippen LogP contribution is -2.18. The number of sulfone groups is 1. The van der Waals surface area contributed by atoms with Crippen molar-refractivity contribution in [1.29, 1.82) is 0 Å². The summed E-state index contributed by atoms with van der Waals surface area (Å²) in [4.78, 5) is 14.0. The van der Waals surface area contributed by atoms with Gasteiger partial charge in [-0.2, -0.15) is 0 Å². The molecule has 0 saturated heterocycles. The zero-order chi connectivity index (χ0) is 22.7. The molecule has 164 valence electrons. The largest absolute Gasteiger partial charge is 0.496 e. The zero-order valence-corrected chi connectivity index (χ0v) is 19.1. The first-order chi connectivity index (χ1) is 15.4. The first-order valence-electron chi connectivity index (χ1n) is 9.74. The number of rotatable bonds is 6. The predicted octanol–water partition coefficient (Wildman–Crippen LogP) is 4.76. The number of methoxy groups -OCH3 is 2. The summed E-state index contributed by atoms with van der Waals surface area (Å²) in [6, 6.07) is 19.4. The molecule has 0 spiro atoms. The topological polar surface area (TPSA) is 81.7 Å². The number of hydrogen-bond acceptors (Lipinski definition) is 6. The van der Waals surface area contributed by atoms with Gasteiger partial charge >= 0.3 is 0 Å². The Kier molecular flexibility index (Phi) is 6.25.